The highest BCUT2D eigenvalue weighted by atomic mass is 35.5. The fourth-order valence-electron chi connectivity index (χ4n) is 2.21. The molecule has 4 nitrogen and oxygen atoms in total. The summed E-state index contributed by atoms with van der Waals surface area (Å²) in [6.45, 7) is 2.02. The molecule has 0 aliphatic heterocycles. The first-order valence-corrected chi connectivity index (χ1v) is 8.85. The average molecular weight is 360 g/mol. The van der Waals surface area contributed by atoms with E-state index in [2.05, 4.69) is 15.6 Å². The van der Waals surface area contributed by atoms with Gasteiger partial charge in [0.05, 0.1) is 17.9 Å². The number of rotatable bonds is 8. The maximum atomic E-state index is 5.86. The van der Waals surface area contributed by atoms with Crippen LogP contribution in [0.15, 0.2) is 60.8 Å². The van der Waals surface area contributed by atoms with Gasteiger partial charge in [0.25, 0.3) is 0 Å². The second kappa shape index (κ2) is 8.57. The van der Waals surface area contributed by atoms with Gasteiger partial charge in [0.1, 0.15) is 12.4 Å². The minimum atomic E-state index is 0.566. The standard InChI is InChI=1S/C18H18ClN3OS/c19-18-22-13-15(24-18)12-21-17-9-5-4-8-16(17)20-10-11-23-14-6-2-1-3-7-14/h1-9,13,20-21H,10-12H2. The molecule has 3 aromatic rings. The van der Waals surface area contributed by atoms with E-state index in [1.165, 1.54) is 11.3 Å². The Balaban J connectivity index is 1.50. The van der Waals surface area contributed by atoms with Crippen LogP contribution in [-0.2, 0) is 6.54 Å². The Hall–Kier alpha value is -2.24. The second-order valence-corrected chi connectivity index (χ2v) is 6.76. The number of aromatic nitrogens is 1. The van der Waals surface area contributed by atoms with Crippen molar-refractivity contribution >= 4 is 34.3 Å². The topological polar surface area (TPSA) is 46.2 Å². The SMILES string of the molecule is Clc1ncc(CNc2ccccc2NCCOc2ccccc2)s1. The fraction of sp³-hybridized carbons (Fsp3) is 0.167. The molecule has 0 saturated carbocycles. The number of ether oxygens (including phenoxy) is 1. The average Bonchev–Trinajstić information content (AvgIpc) is 3.04. The van der Waals surface area contributed by atoms with Gasteiger partial charge in [-0.15, -0.1) is 11.3 Å². The zero-order chi connectivity index (χ0) is 16.6. The monoisotopic (exact) mass is 359 g/mol. The van der Waals surface area contributed by atoms with Crippen molar-refractivity contribution in [2.45, 2.75) is 6.54 Å². The van der Waals surface area contributed by atoms with Crippen LogP contribution in [-0.4, -0.2) is 18.1 Å². The van der Waals surface area contributed by atoms with Crippen molar-refractivity contribution in [2.24, 2.45) is 0 Å². The molecule has 3 rings (SSSR count). The molecule has 0 fully saturated rings. The van der Waals surface area contributed by atoms with E-state index in [1.807, 2.05) is 54.6 Å². The summed E-state index contributed by atoms with van der Waals surface area (Å²) in [4.78, 5) is 5.15. The molecule has 0 aliphatic carbocycles. The molecule has 1 heterocycles. The van der Waals surface area contributed by atoms with Gasteiger partial charge in [-0.1, -0.05) is 41.9 Å². The van der Waals surface area contributed by atoms with Crippen LogP contribution < -0.4 is 15.4 Å². The summed E-state index contributed by atoms with van der Waals surface area (Å²) in [5.41, 5.74) is 2.09. The fourth-order valence-corrected chi connectivity index (χ4v) is 3.13. The molecule has 1 aromatic heterocycles. The lowest BCUT2D eigenvalue weighted by Gasteiger charge is -2.13. The highest BCUT2D eigenvalue weighted by Gasteiger charge is 2.03. The highest BCUT2D eigenvalue weighted by Crippen LogP contribution is 2.23. The molecule has 0 bridgehead atoms. The smallest absolute Gasteiger partial charge is 0.183 e. The van der Waals surface area contributed by atoms with Gasteiger partial charge in [0.15, 0.2) is 4.47 Å². The van der Waals surface area contributed by atoms with E-state index in [0.29, 0.717) is 17.6 Å². The van der Waals surface area contributed by atoms with Crippen LogP contribution in [0.25, 0.3) is 0 Å². The van der Waals surface area contributed by atoms with Crippen molar-refractivity contribution in [3.8, 4) is 5.75 Å². The number of nitrogens with one attached hydrogen (secondary N) is 2. The Morgan fingerprint density at radius 3 is 2.38 bits per heavy atom. The lowest BCUT2D eigenvalue weighted by molar-refractivity contribution is 0.333. The summed E-state index contributed by atoms with van der Waals surface area (Å²) in [5, 5.41) is 6.81. The third-order valence-corrected chi connectivity index (χ3v) is 4.45. The number of benzene rings is 2. The van der Waals surface area contributed by atoms with Gasteiger partial charge in [0, 0.05) is 17.6 Å². The first-order chi connectivity index (χ1) is 11.8. The maximum absolute atomic E-state index is 5.86. The molecule has 0 amide bonds. The summed E-state index contributed by atoms with van der Waals surface area (Å²) >= 11 is 7.35. The molecule has 0 aliphatic rings. The number of para-hydroxylation sites is 3. The van der Waals surface area contributed by atoms with Crippen LogP contribution in [0.2, 0.25) is 4.47 Å². The zero-order valence-electron chi connectivity index (χ0n) is 13.0. The molecule has 2 N–H and O–H groups in total. The van der Waals surface area contributed by atoms with Gasteiger partial charge in [-0.05, 0) is 24.3 Å². The maximum Gasteiger partial charge on any atom is 0.183 e. The summed E-state index contributed by atoms with van der Waals surface area (Å²) < 4.78 is 6.26. The molecular formula is C18H18ClN3OS. The highest BCUT2D eigenvalue weighted by molar-refractivity contribution is 7.15. The minimum absolute atomic E-state index is 0.566. The summed E-state index contributed by atoms with van der Waals surface area (Å²) in [6, 6.07) is 17.9. The van der Waals surface area contributed by atoms with Gasteiger partial charge in [-0.3, -0.25) is 0 Å². The summed E-state index contributed by atoms with van der Waals surface area (Å²) in [7, 11) is 0. The molecule has 0 unspecified atom stereocenters. The first-order valence-electron chi connectivity index (χ1n) is 7.66. The van der Waals surface area contributed by atoms with Crippen molar-refractivity contribution in [1.82, 2.24) is 4.98 Å². The molecule has 0 atom stereocenters. The second-order valence-electron chi connectivity index (χ2n) is 5.07. The van der Waals surface area contributed by atoms with E-state index in [-0.39, 0.29) is 0 Å². The largest absolute Gasteiger partial charge is 0.492 e. The Kier molecular flexibility index (Phi) is 5.93. The molecule has 2 aromatic carbocycles. The quantitative estimate of drug-likeness (QED) is 0.561. The normalized spacial score (nSPS) is 10.4. The van der Waals surface area contributed by atoms with Crippen LogP contribution in [0.1, 0.15) is 4.88 Å². The van der Waals surface area contributed by atoms with E-state index in [9.17, 15) is 0 Å². The van der Waals surface area contributed by atoms with E-state index in [0.717, 1.165) is 28.5 Å². The van der Waals surface area contributed by atoms with Crippen LogP contribution in [0.3, 0.4) is 0 Å². The number of hydrogen-bond donors (Lipinski definition) is 2. The van der Waals surface area contributed by atoms with Crippen molar-refractivity contribution in [3.63, 3.8) is 0 Å². The van der Waals surface area contributed by atoms with Gasteiger partial charge in [-0.2, -0.15) is 0 Å². The summed E-state index contributed by atoms with van der Waals surface area (Å²) in [6.07, 6.45) is 1.80. The van der Waals surface area contributed by atoms with Crippen LogP contribution >= 0.6 is 22.9 Å². The van der Waals surface area contributed by atoms with Gasteiger partial charge in [-0.25, -0.2) is 4.98 Å². The molecule has 0 saturated heterocycles. The van der Waals surface area contributed by atoms with Gasteiger partial charge < -0.3 is 15.4 Å². The first kappa shape index (κ1) is 16.6. The Labute approximate surface area is 150 Å². The summed E-state index contributed by atoms with van der Waals surface area (Å²) in [5.74, 6) is 0.882. The predicted octanol–water partition coefficient (Wildman–Crippen LogP) is 4.90. The number of thiazole rings is 1. The molecule has 0 spiro atoms. The molecule has 124 valence electrons. The number of hydrogen-bond acceptors (Lipinski definition) is 5. The third-order valence-electron chi connectivity index (χ3n) is 3.33. The Morgan fingerprint density at radius 1 is 0.958 bits per heavy atom. The number of anilines is 2. The zero-order valence-corrected chi connectivity index (χ0v) is 14.6. The van der Waals surface area contributed by atoms with E-state index in [4.69, 9.17) is 16.3 Å². The van der Waals surface area contributed by atoms with Crippen molar-refractivity contribution < 1.29 is 4.74 Å². The number of halogens is 1. The predicted molar refractivity (Wildman–Crippen MR) is 101 cm³/mol. The Morgan fingerprint density at radius 2 is 1.67 bits per heavy atom. The van der Waals surface area contributed by atoms with E-state index >= 15 is 0 Å². The van der Waals surface area contributed by atoms with Crippen molar-refractivity contribution in [3.05, 3.63) is 70.1 Å². The molecule has 24 heavy (non-hydrogen) atoms. The molecule has 0 radical (unpaired) electrons. The lowest BCUT2D eigenvalue weighted by atomic mass is 10.2. The van der Waals surface area contributed by atoms with Crippen molar-refractivity contribution in [1.29, 1.82) is 0 Å². The van der Waals surface area contributed by atoms with Gasteiger partial charge >= 0.3 is 0 Å². The Bertz CT molecular complexity index is 764. The van der Waals surface area contributed by atoms with Crippen molar-refractivity contribution in [2.75, 3.05) is 23.8 Å². The van der Waals surface area contributed by atoms with Crippen LogP contribution in [0, 0.1) is 0 Å². The van der Waals surface area contributed by atoms with Gasteiger partial charge in [0.2, 0.25) is 0 Å². The van der Waals surface area contributed by atoms with E-state index in [1.54, 1.807) is 6.20 Å². The minimum Gasteiger partial charge on any atom is -0.492 e. The third kappa shape index (κ3) is 4.88. The number of nitrogens with zero attached hydrogens (tertiary/aromatic N) is 1. The molecular weight excluding hydrogens is 342 g/mol. The van der Waals surface area contributed by atoms with Crippen LogP contribution in [0.5, 0.6) is 5.75 Å². The lowest BCUT2D eigenvalue weighted by Crippen LogP contribution is -2.12. The van der Waals surface area contributed by atoms with Crippen LogP contribution in [0.4, 0.5) is 11.4 Å². The van der Waals surface area contributed by atoms with E-state index < -0.39 is 0 Å². The molecule has 6 heteroatoms.